The molecule has 2 aromatic rings. The summed E-state index contributed by atoms with van der Waals surface area (Å²) in [7, 11) is 0. The van der Waals surface area contributed by atoms with Gasteiger partial charge in [-0.15, -0.1) is 0 Å². The zero-order valence-corrected chi connectivity index (χ0v) is 15.4. The van der Waals surface area contributed by atoms with Crippen LogP contribution in [0.3, 0.4) is 0 Å². The van der Waals surface area contributed by atoms with Gasteiger partial charge in [0.25, 0.3) is 5.56 Å². The van der Waals surface area contributed by atoms with Crippen LogP contribution in [0, 0.1) is 17.6 Å². The van der Waals surface area contributed by atoms with Crippen molar-refractivity contribution in [2.24, 2.45) is 5.92 Å². The number of aromatic nitrogens is 2. The normalized spacial score (nSPS) is 24.9. The molecule has 2 heterocycles. The largest absolute Gasteiger partial charge is 0.393 e. The average molecular weight is 391 g/mol. The Morgan fingerprint density at radius 3 is 2.36 bits per heavy atom. The SMILES string of the molecule is O=c1[nH]c2c(c(=O)n1-c1cc(F)cc(F)c1)CCC[C@H](C1CCC(O)CC1)N2. The first-order valence-corrected chi connectivity index (χ1v) is 9.71. The van der Waals surface area contributed by atoms with Crippen molar-refractivity contribution in [1.82, 2.24) is 9.55 Å². The fourth-order valence-corrected chi connectivity index (χ4v) is 4.44. The predicted octanol–water partition coefficient (Wildman–Crippen LogP) is 2.47. The maximum Gasteiger partial charge on any atom is 0.334 e. The second-order valence-corrected chi connectivity index (χ2v) is 7.76. The van der Waals surface area contributed by atoms with E-state index in [4.69, 9.17) is 0 Å². The average Bonchev–Trinajstić information content (AvgIpc) is 2.84. The molecule has 3 N–H and O–H groups in total. The summed E-state index contributed by atoms with van der Waals surface area (Å²) in [5, 5.41) is 13.1. The van der Waals surface area contributed by atoms with Crippen LogP contribution in [0.5, 0.6) is 0 Å². The molecule has 8 heteroatoms. The molecule has 1 aromatic heterocycles. The van der Waals surface area contributed by atoms with E-state index in [9.17, 15) is 23.5 Å². The van der Waals surface area contributed by atoms with Crippen LogP contribution < -0.4 is 16.6 Å². The lowest BCUT2D eigenvalue weighted by Gasteiger charge is -2.32. The number of halogens is 2. The van der Waals surface area contributed by atoms with Crippen LogP contribution in [0.15, 0.2) is 27.8 Å². The number of fused-ring (bicyclic) bond motifs is 1. The Morgan fingerprint density at radius 2 is 1.68 bits per heavy atom. The highest BCUT2D eigenvalue weighted by atomic mass is 19.1. The van der Waals surface area contributed by atoms with Crippen LogP contribution in [0.1, 0.15) is 44.1 Å². The molecular weight excluding hydrogens is 368 g/mol. The molecule has 1 saturated carbocycles. The number of aliphatic hydroxyl groups excluding tert-OH is 1. The van der Waals surface area contributed by atoms with Crippen molar-refractivity contribution in [3.8, 4) is 5.69 Å². The molecule has 4 rings (SSSR count). The van der Waals surface area contributed by atoms with Gasteiger partial charge in [0.2, 0.25) is 0 Å². The Hall–Kier alpha value is -2.48. The lowest BCUT2D eigenvalue weighted by Crippen LogP contribution is -2.38. The summed E-state index contributed by atoms with van der Waals surface area (Å²) in [6.07, 6.45) is 5.18. The van der Waals surface area contributed by atoms with Gasteiger partial charge in [0.15, 0.2) is 0 Å². The molecule has 0 amide bonds. The van der Waals surface area contributed by atoms with Gasteiger partial charge in [-0.05, 0) is 63.0 Å². The molecular formula is C20H23F2N3O3. The number of nitrogens with zero attached hydrogens (tertiary/aromatic N) is 1. The second-order valence-electron chi connectivity index (χ2n) is 7.76. The van der Waals surface area contributed by atoms with E-state index < -0.39 is 22.9 Å². The van der Waals surface area contributed by atoms with E-state index >= 15 is 0 Å². The number of H-pyrrole nitrogens is 1. The van der Waals surface area contributed by atoms with Gasteiger partial charge in [0.1, 0.15) is 17.5 Å². The quantitative estimate of drug-likeness (QED) is 0.734. The van der Waals surface area contributed by atoms with Crippen LogP contribution in [0.25, 0.3) is 5.69 Å². The summed E-state index contributed by atoms with van der Waals surface area (Å²) in [6, 6.07) is 2.74. The smallest absolute Gasteiger partial charge is 0.334 e. The number of hydrogen-bond donors (Lipinski definition) is 3. The van der Waals surface area contributed by atoms with Gasteiger partial charge in [0.05, 0.1) is 17.4 Å². The molecule has 0 unspecified atom stereocenters. The van der Waals surface area contributed by atoms with Crippen molar-refractivity contribution in [3.63, 3.8) is 0 Å². The number of benzene rings is 1. The number of aromatic amines is 1. The molecule has 0 bridgehead atoms. The van der Waals surface area contributed by atoms with Gasteiger partial charge in [-0.25, -0.2) is 18.1 Å². The van der Waals surface area contributed by atoms with Gasteiger partial charge >= 0.3 is 5.69 Å². The number of anilines is 1. The van der Waals surface area contributed by atoms with E-state index in [0.29, 0.717) is 29.8 Å². The van der Waals surface area contributed by atoms with Crippen LogP contribution in [0.2, 0.25) is 0 Å². The van der Waals surface area contributed by atoms with Crippen molar-refractivity contribution < 1.29 is 13.9 Å². The van der Waals surface area contributed by atoms with Gasteiger partial charge < -0.3 is 10.4 Å². The summed E-state index contributed by atoms with van der Waals surface area (Å²) in [5.74, 6) is -0.933. The van der Waals surface area contributed by atoms with E-state index in [1.165, 1.54) is 0 Å². The molecule has 1 atom stereocenters. The number of rotatable bonds is 2. The molecule has 6 nitrogen and oxygen atoms in total. The van der Waals surface area contributed by atoms with Crippen molar-refractivity contribution >= 4 is 5.82 Å². The lowest BCUT2D eigenvalue weighted by molar-refractivity contribution is 0.103. The molecule has 1 aliphatic heterocycles. The van der Waals surface area contributed by atoms with E-state index in [1.807, 2.05) is 0 Å². The third kappa shape index (κ3) is 3.61. The van der Waals surface area contributed by atoms with Crippen molar-refractivity contribution in [2.75, 3.05) is 5.32 Å². The zero-order valence-electron chi connectivity index (χ0n) is 15.4. The minimum Gasteiger partial charge on any atom is -0.393 e. The highest BCUT2D eigenvalue weighted by Crippen LogP contribution is 2.32. The first kappa shape index (κ1) is 18.9. The van der Waals surface area contributed by atoms with Crippen LogP contribution in [-0.4, -0.2) is 26.8 Å². The Morgan fingerprint density at radius 1 is 1.00 bits per heavy atom. The van der Waals surface area contributed by atoms with Crippen LogP contribution in [-0.2, 0) is 6.42 Å². The first-order valence-electron chi connectivity index (χ1n) is 9.71. The molecule has 28 heavy (non-hydrogen) atoms. The van der Waals surface area contributed by atoms with Gasteiger partial charge in [-0.3, -0.25) is 9.78 Å². The molecule has 1 aliphatic carbocycles. The second kappa shape index (κ2) is 7.50. The summed E-state index contributed by atoms with van der Waals surface area (Å²) in [5.41, 5.74) is -1.01. The monoisotopic (exact) mass is 391 g/mol. The highest BCUT2D eigenvalue weighted by molar-refractivity contribution is 5.46. The maximum absolute atomic E-state index is 13.6. The maximum atomic E-state index is 13.6. The van der Waals surface area contributed by atoms with Crippen molar-refractivity contribution in [2.45, 2.75) is 57.1 Å². The third-order valence-electron chi connectivity index (χ3n) is 5.89. The lowest BCUT2D eigenvalue weighted by atomic mass is 9.81. The fourth-order valence-electron chi connectivity index (χ4n) is 4.44. The minimum atomic E-state index is -0.853. The fraction of sp³-hybridized carbons (Fsp3) is 0.500. The zero-order chi connectivity index (χ0) is 19.8. The Balaban J connectivity index is 1.70. The van der Waals surface area contributed by atoms with Crippen LogP contribution >= 0.6 is 0 Å². The summed E-state index contributed by atoms with van der Waals surface area (Å²) < 4.78 is 27.9. The van der Waals surface area contributed by atoms with Crippen LogP contribution in [0.4, 0.5) is 14.6 Å². The standard InChI is InChI=1S/C20H23F2N3O3/c21-12-8-13(22)10-14(9-12)25-19(27)16-2-1-3-17(23-18(16)24-20(25)28)11-4-6-15(26)7-5-11/h8-11,15,17,23,26H,1-7H2,(H,24,28)/t11?,15?,17-/m1/s1. The highest BCUT2D eigenvalue weighted by Gasteiger charge is 2.30. The summed E-state index contributed by atoms with van der Waals surface area (Å²) in [6.45, 7) is 0. The molecule has 150 valence electrons. The summed E-state index contributed by atoms with van der Waals surface area (Å²) in [4.78, 5) is 28.2. The van der Waals surface area contributed by atoms with E-state index in [-0.39, 0.29) is 17.8 Å². The minimum absolute atomic E-state index is 0.117. The van der Waals surface area contributed by atoms with Crippen molar-refractivity contribution in [1.29, 1.82) is 0 Å². The molecule has 0 radical (unpaired) electrons. The molecule has 1 aromatic carbocycles. The Kier molecular flexibility index (Phi) is 5.05. The number of nitrogens with one attached hydrogen (secondary N) is 2. The summed E-state index contributed by atoms with van der Waals surface area (Å²) >= 11 is 0. The third-order valence-corrected chi connectivity index (χ3v) is 5.89. The van der Waals surface area contributed by atoms with E-state index in [2.05, 4.69) is 10.3 Å². The van der Waals surface area contributed by atoms with Gasteiger partial charge in [-0.1, -0.05) is 0 Å². The van der Waals surface area contributed by atoms with E-state index in [0.717, 1.165) is 55.2 Å². The molecule has 0 saturated heterocycles. The molecule has 0 spiro atoms. The Labute approximate surface area is 160 Å². The Bertz CT molecular complexity index is 973. The topological polar surface area (TPSA) is 87.1 Å². The molecule has 2 aliphatic rings. The predicted molar refractivity (Wildman–Crippen MR) is 101 cm³/mol. The first-order chi connectivity index (χ1) is 13.4. The number of hydrogen-bond acceptors (Lipinski definition) is 4. The molecule has 1 fully saturated rings. The number of aliphatic hydroxyl groups is 1. The van der Waals surface area contributed by atoms with E-state index in [1.54, 1.807) is 0 Å². The van der Waals surface area contributed by atoms with Gasteiger partial charge in [-0.2, -0.15) is 0 Å². The van der Waals surface area contributed by atoms with Gasteiger partial charge in [0, 0.05) is 12.1 Å². The van der Waals surface area contributed by atoms with Crippen molar-refractivity contribution in [3.05, 3.63) is 56.2 Å².